The highest BCUT2D eigenvalue weighted by atomic mass is 16.2. The Bertz CT molecular complexity index is 601. The molecule has 2 amide bonds. The molecule has 0 saturated carbocycles. The van der Waals surface area contributed by atoms with Crippen LogP contribution in [0.5, 0.6) is 0 Å². The van der Waals surface area contributed by atoms with Gasteiger partial charge in [0.2, 0.25) is 11.8 Å². The van der Waals surface area contributed by atoms with Gasteiger partial charge in [-0.3, -0.25) is 14.5 Å². The predicted octanol–water partition coefficient (Wildman–Crippen LogP) is -0.403. The summed E-state index contributed by atoms with van der Waals surface area (Å²) < 4.78 is 1.63. The van der Waals surface area contributed by atoms with Crippen LogP contribution < -0.4 is 5.32 Å². The van der Waals surface area contributed by atoms with E-state index in [0.717, 1.165) is 13.0 Å². The number of carbonyl (C=O) groups excluding carboxylic acids is 2. The van der Waals surface area contributed by atoms with Crippen LogP contribution in [0.15, 0.2) is 12.7 Å². The van der Waals surface area contributed by atoms with Gasteiger partial charge < -0.3 is 10.2 Å². The zero-order valence-electron chi connectivity index (χ0n) is 15.0. The molecule has 9 nitrogen and oxygen atoms in total. The molecule has 1 fully saturated rings. The SMILES string of the molecule is C=CCNC(=O)C(C)N1CCCN(C(=O)CCn2nnnc2C)CC1. The molecular formula is C16H27N7O2. The van der Waals surface area contributed by atoms with Crippen LogP contribution >= 0.6 is 0 Å². The maximum absolute atomic E-state index is 12.4. The number of hydrogen-bond acceptors (Lipinski definition) is 6. The quantitative estimate of drug-likeness (QED) is 0.673. The lowest BCUT2D eigenvalue weighted by atomic mass is 10.2. The van der Waals surface area contributed by atoms with E-state index in [1.807, 2.05) is 18.7 Å². The first-order valence-corrected chi connectivity index (χ1v) is 8.66. The van der Waals surface area contributed by atoms with Gasteiger partial charge in [0.1, 0.15) is 5.82 Å². The average Bonchev–Trinajstić information content (AvgIpc) is 2.86. The molecule has 1 saturated heterocycles. The first-order valence-electron chi connectivity index (χ1n) is 8.66. The van der Waals surface area contributed by atoms with Crippen molar-refractivity contribution >= 4 is 11.8 Å². The summed E-state index contributed by atoms with van der Waals surface area (Å²) in [7, 11) is 0. The summed E-state index contributed by atoms with van der Waals surface area (Å²) in [6, 6.07) is -0.209. The van der Waals surface area contributed by atoms with Gasteiger partial charge in [-0.25, -0.2) is 4.68 Å². The van der Waals surface area contributed by atoms with Crippen LogP contribution in [-0.2, 0) is 16.1 Å². The molecule has 1 N–H and O–H groups in total. The lowest BCUT2D eigenvalue weighted by molar-refractivity contribution is -0.131. The second-order valence-electron chi connectivity index (χ2n) is 6.18. The van der Waals surface area contributed by atoms with Crippen molar-refractivity contribution in [3.05, 3.63) is 18.5 Å². The van der Waals surface area contributed by atoms with Crippen LogP contribution in [0.2, 0.25) is 0 Å². The van der Waals surface area contributed by atoms with Crippen molar-refractivity contribution in [2.45, 2.75) is 39.3 Å². The number of nitrogens with zero attached hydrogens (tertiary/aromatic N) is 6. The van der Waals surface area contributed by atoms with Crippen LogP contribution in [0.25, 0.3) is 0 Å². The number of hydrogen-bond donors (Lipinski definition) is 1. The second kappa shape index (κ2) is 9.26. The summed E-state index contributed by atoms with van der Waals surface area (Å²) in [6.45, 7) is 11.1. The van der Waals surface area contributed by atoms with Crippen molar-refractivity contribution in [3.63, 3.8) is 0 Å². The van der Waals surface area contributed by atoms with Gasteiger partial charge in [0, 0.05) is 39.1 Å². The first-order chi connectivity index (χ1) is 12.0. The van der Waals surface area contributed by atoms with Crippen LogP contribution in [0.4, 0.5) is 0 Å². The maximum atomic E-state index is 12.4. The largest absolute Gasteiger partial charge is 0.351 e. The molecule has 1 atom stereocenters. The molecule has 0 radical (unpaired) electrons. The van der Waals surface area contributed by atoms with Crippen molar-refractivity contribution in [2.24, 2.45) is 0 Å². The minimum absolute atomic E-state index is 0.00571. The fraction of sp³-hybridized carbons (Fsp3) is 0.688. The van der Waals surface area contributed by atoms with Crippen LogP contribution in [0.1, 0.15) is 25.6 Å². The number of aryl methyl sites for hydroxylation is 2. The van der Waals surface area contributed by atoms with Gasteiger partial charge in [-0.05, 0) is 30.7 Å². The molecular weight excluding hydrogens is 322 g/mol. The van der Waals surface area contributed by atoms with E-state index in [0.29, 0.717) is 45.0 Å². The van der Waals surface area contributed by atoms with E-state index in [4.69, 9.17) is 0 Å². The van der Waals surface area contributed by atoms with Crippen molar-refractivity contribution in [3.8, 4) is 0 Å². The Morgan fingerprint density at radius 2 is 2.12 bits per heavy atom. The number of rotatable bonds is 7. The van der Waals surface area contributed by atoms with Gasteiger partial charge in [0.25, 0.3) is 0 Å². The molecule has 1 unspecified atom stereocenters. The number of carbonyl (C=O) groups is 2. The van der Waals surface area contributed by atoms with Crippen LogP contribution in [0, 0.1) is 6.92 Å². The fourth-order valence-electron chi connectivity index (χ4n) is 2.88. The minimum Gasteiger partial charge on any atom is -0.351 e. The zero-order valence-corrected chi connectivity index (χ0v) is 15.0. The summed E-state index contributed by atoms with van der Waals surface area (Å²) >= 11 is 0. The molecule has 0 aromatic carbocycles. The van der Waals surface area contributed by atoms with E-state index in [9.17, 15) is 9.59 Å². The van der Waals surface area contributed by atoms with Crippen molar-refractivity contribution in [2.75, 3.05) is 32.7 Å². The Morgan fingerprint density at radius 3 is 2.80 bits per heavy atom. The fourth-order valence-corrected chi connectivity index (χ4v) is 2.88. The Hall–Kier alpha value is -2.29. The number of tetrazole rings is 1. The Labute approximate surface area is 148 Å². The summed E-state index contributed by atoms with van der Waals surface area (Å²) in [6.07, 6.45) is 2.90. The van der Waals surface area contributed by atoms with E-state index in [2.05, 4.69) is 32.3 Å². The topological polar surface area (TPSA) is 96.2 Å². The van der Waals surface area contributed by atoms with E-state index in [1.54, 1.807) is 10.8 Å². The van der Waals surface area contributed by atoms with E-state index in [1.165, 1.54) is 0 Å². The molecule has 1 aliphatic heterocycles. The van der Waals surface area contributed by atoms with Crippen LogP contribution in [0.3, 0.4) is 0 Å². The molecule has 25 heavy (non-hydrogen) atoms. The summed E-state index contributed by atoms with van der Waals surface area (Å²) in [5, 5.41) is 14.1. The predicted molar refractivity (Wildman–Crippen MR) is 92.6 cm³/mol. The third kappa shape index (κ3) is 5.35. The van der Waals surface area contributed by atoms with Crippen molar-refractivity contribution in [1.29, 1.82) is 0 Å². The highest BCUT2D eigenvalue weighted by molar-refractivity contribution is 5.81. The average molecular weight is 349 g/mol. The van der Waals surface area contributed by atoms with Gasteiger partial charge in [-0.15, -0.1) is 11.7 Å². The first kappa shape index (κ1) is 19.0. The Morgan fingerprint density at radius 1 is 1.32 bits per heavy atom. The summed E-state index contributed by atoms with van der Waals surface area (Å²) in [4.78, 5) is 28.5. The molecule has 0 aliphatic carbocycles. The highest BCUT2D eigenvalue weighted by Crippen LogP contribution is 2.09. The third-order valence-electron chi connectivity index (χ3n) is 4.48. The molecule has 2 rings (SSSR count). The molecule has 9 heteroatoms. The van der Waals surface area contributed by atoms with Gasteiger partial charge in [-0.2, -0.15) is 0 Å². The van der Waals surface area contributed by atoms with Gasteiger partial charge in [-0.1, -0.05) is 6.08 Å². The van der Waals surface area contributed by atoms with Crippen molar-refractivity contribution in [1.82, 2.24) is 35.3 Å². The zero-order chi connectivity index (χ0) is 18.2. The monoisotopic (exact) mass is 349 g/mol. The number of nitrogens with one attached hydrogen (secondary N) is 1. The maximum Gasteiger partial charge on any atom is 0.237 e. The lowest BCUT2D eigenvalue weighted by Gasteiger charge is -2.26. The van der Waals surface area contributed by atoms with Gasteiger partial charge in [0.15, 0.2) is 0 Å². The smallest absolute Gasteiger partial charge is 0.237 e. The van der Waals surface area contributed by atoms with E-state index >= 15 is 0 Å². The number of amides is 2. The van der Waals surface area contributed by atoms with Crippen molar-refractivity contribution < 1.29 is 9.59 Å². The number of aromatic nitrogens is 4. The Kier molecular flexibility index (Phi) is 7.05. The standard InChI is InChI=1S/C16H27N7O2/c1-4-7-17-16(25)13(2)21-8-5-9-22(12-11-21)15(24)6-10-23-14(3)18-19-20-23/h4,13H,1,5-12H2,2-3H3,(H,17,25). The molecule has 2 heterocycles. The normalized spacial score (nSPS) is 17.0. The Balaban J connectivity index is 1.81. The molecule has 1 aromatic rings. The van der Waals surface area contributed by atoms with Crippen LogP contribution in [-0.4, -0.2) is 80.6 Å². The third-order valence-corrected chi connectivity index (χ3v) is 4.48. The van der Waals surface area contributed by atoms with E-state index < -0.39 is 0 Å². The van der Waals surface area contributed by atoms with E-state index in [-0.39, 0.29) is 17.9 Å². The van der Waals surface area contributed by atoms with Gasteiger partial charge >= 0.3 is 0 Å². The molecule has 1 aliphatic rings. The minimum atomic E-state index is -0.209. The summed E-state index contributed by atoms with van der Waals surface area (Å²) in [5.41, 5.74) is 0. The molecule has 1 aromatic heterocycles. The highest BCUT2D eigenvalue weighted by Gasteiger charge is 2.25. The second-order valence-corrected chi connectivity index (χ2v) is 6.18. The summed E-state index contributed by atoms with van der Waals surface area (Å²) in [5.74, 6) is 0.795. The molecule has 0 bridgehead atoms. The molecule has 0 spiro atoms. The molecule has 138 valence electrons. The lowest BCUT2D eigenvalue weighted by Crippen LogP contribution is -2.46. The van der Waals surface area contributed by atoms with Gasteiger partial charge in [0.05, 0.1) is 12.6 Å².